The third-order valence-electron chi connectivity index (χ3n) is 6.79. The van der Waals surface area contributed by atoms with Gasteiger partial charge in [0.05, 0.1) is 17.1 Å². The van der Waals surface area contributed by atoms with Crippen molar-refractivity contribution in [1.29, 1.82) is 0 Å². The highest BCUT2D eigenvalue weighted by Gasteiger charge is 2.29. The molecule has 3 aromatic rings. The van der Waals surface area contributed by atoms with Crippen LogP contribution in [0.5, 0.6) is 0 Å². The van der Waals surface area contributed by atoms with Crippen LogP contribution in [0, 0.1) is 6.92 Å². The molecule has 1 saturated heterocycles. The number of hydrogen-bond donors (Lipinski definition) is 1. The molecule has 3 amide bonds. The van der Waals surface area contributed by atoms with Crippen LogP contribution in [0.25, 0.3) is 6.08 Å². The fourth-order valence-electron chi connectivity index (χ4n) is 4.81. The molecule has 1 fully saturated rings. The molecule has 0 aromatic heterocycles. The molecule has 5 rings (SSSR count). The van der Waals surface area contributed by atoms with Crippen molar-refractivity contribution in [3.63, 3.8) is 0 Å². The van der Waals surface area contributed by atoms with E-state index in [1.54, 1.807) is 12.1 Å². The first-order valence-electron chi connectivity index (χ1n) is 13.0. The summed E-state index contributed by atoms with van der Waals surface area (Å²) in [5, 5.41) is 2.93. The van der Waals surface area contributed by atoms with E-state index in [4.69, 9.17) is 0 Å². The lowest BCUT2D eigenvalue weighted by atomic mass is 10.1. The zero-order valence-corrected chi connectivity index (χ0v) is 22.3. The second-order valence-corrected chi connectivity index (χ2v) is 10.8. The van der Waals surface area contributed by atoms with Gasteiger partial charge in [-0.25, -0.2) is 0 Å². The van der Waals surface area contributed by atoms with Crippen molar-refractivity contribution < 1.29 is 14.4 Å². The Balaban J connectivity index is 1.25. The molecule has 0 bridgehead atoms. The van der Waals surface area contributed by atoms with Crippen molar-refractivity contribution in [2.75, 3.05) is 24.5 Å². The Bertz CT molecular complexity index is 1380. The number of rotatable bonds is 8. The average Bonchev–Trinajstić information content (AvgIpc) is 3.33. The van der Waals surface area contributed by atoms with E-state index in [2.05, 4.69) is 24.4 Å². The summed E-state index contributed by atoms with van der Waals surface area (Å²) in [5.41, 5.74) is 4.60. The number of carbonyl (C=O) groups excluding carboxylic acids is 3. The maximum Gasteiger partial charge on any atom is 0.265 e. The summed E-state index contributed by atoms with van der Waals surface area (Å²) >= 11 is 1.47. The molecule has 2 aliphatic rings. The van der Waals surface area contributed by atoms with E-state index in [1.807, 2.05) is 64.4 Å². The lowest BCUT2D eigenvalue weighted by Crippen LogP contribution is -2.33. The van der Waals surface area contributed by atoms with Crippen LogP contribution in [-0.2, 0) is 16.1 Å². The van der Waals surface area contributed by atoms with Gasteiger partial charge in [0.15, 0.2) is 0 Å². The van der Waals surface area contributed by atoms with Crippen LogP contribution < -0.4 is 10.2 Å². The predicted octanol–water partition coefficient (Wildman–Crippen LogP) is 5.42. The van der Waals surface area contributed by atoms with Gasteiger partial charge in [-0.3, -0.25) is 14.4 Å². The molecule has 2 aliphatic heterocycles. The number of hydrogen-bond acceptors (Lipinski definition) is 4. The van der Waals surface area contributed by atoms with Gasteiger partial charge >= 0.3 is 0 Å². The standard InChI is InChI=1S/C31H31N3O3S/c1-22-7-4-8-24(19-22)21-34-26-9-2-3-10-27(26)38-28(31(34)37)20-23-12-14-25(15-13-23)30(36)32-16-6-18-33-17-5-11-29(33)35/h2-4,7-10,12-15,19-20H,5-6,11,16-18,21H2,1H3,(H,32,36). The smallest absolute Gasteiger partial charge is 0.265 e. The topological polar surface area (TPSA) is 69.7 Å². The second kappa shape index (κ2) is 11.7. The fourth-order valence-corrected chi connectivity index (χ4v) is 5.87. The highest BCUT2D eigenvalue weighted by atomic mass is 32.2. The number of benzene rings is 3. The second-order valence-electron chi connectivity index (χ2n) is 9.67. The van der Waals surface area contributed by atoms with Gasteiger partial charge in [-0.15, -0.1) is 0 Å². The van der Waals surface area contributed by atoms with Gasteiger partial charge < -0.3 is 15.1 Å². The van der Waals surface area contributed by atoms with Crippen molar-refractivity contribution in [2.24, 2.45) is 0 Å². The summed E-state index contributed by atoms with van der Waals surface area (Å²) in [5.74, 6) is 0.0317. The first-order valence-corrected chi connectivity index (χ1v) is 13.8. The Kier molecular flexibility index (Phi) is 7.94. The molecule has 7 heteroatoms. The molecule has 0 radical (unpaired) electrons. The molecule has 38 heavy (non-hydrogen) atoms. The zero-order chi connectivity index (χ0) is 26.5. The van der Waals surface area contributed by atoms with Crippen molar-refractivity contribution in [2.45, 2.75) is 37.6 Å². The van der Waals surface area contributed by atoms with Crippen LogP contribution in [0.1, 0.15) is 46.3 Å². The van der Waals surface area contributed by atoms with E-state index < -0.39 is 0 Å². The zero-order valence-electron chi connectivity index (χ0n) is 21.5. The molecule has 194 valence electrons. The first-order chi connectivity index (χ1) is 18.5. The number of anilines is 1. The number of carbonyl (C=O) groups is 3. The van der Waals surface area contributed by atoms with E-state index in [1.165, 1.54) is 11.8 Å². The summed E-state index contributed by atoms with van der Waals surface area (Å²) in [7, 11) is 0. The predicted molar refractivity (Wildman–Crippen MR) is 152 cm³/mol. The van der Waals surface area contributed by atoms with Gasteiger partial charge in [0, 0.05) is 36.5 Å². The molecule has 1 N–H and O–H groups in total. The largest absolute Gasteiger partial charge is 0.352 e. The van der Waals surface area contributed by atoms with Crippen LogP contribution in [0.2, 0.25) is 0 Å². The van der Waals surface area contributed by atoms with Crippen molar-refractivity contribution >= 4 is 41.2 Å². The first kappa shape index (κ1) is 25.8. The number of thioether (sulfide) groups is 1. The Morgan fingerprint density at radius 1 is 1.03 bits per heavy atom. The van der Waals surface area contributed by atoms with Gasteiger partial charge in [0.1, 0.15) is 0 Å². The number of nitrogens with one attached hydrogen (secondary N) is 1. The maximum atomic E-state index is 13.6. The number of para-hydroxylation sites is 1. The normalized spacial score (nSPS) is 16.2. The molecule has 6 nitrogen and oxygen atoms in total. The van der Waals surface area contributed by atoms with Gasteiger partial charge in [0.25, 0.3) is 11.8 Å². The Labute approximate surface area is 227 Å². The third-order valence-corrected chi connectivity index (χ3v) is 7.86. The van der Waals surface area contributed by atoms with Crippen LogP contribution in [0.3, 0.4) is 0 Å². The summed E-state index contributed by atoms with van der Waals surface area (Å²) in [6.45, 7) is 4.58. The van der Waals surface area contributed by atoms with Crippen LogP contribution in [0.4, 0.5) is 5.69 Å². The summed E-state index contributed by atoms with van der Waals surface area (Å²) in [6, 6.07) is 23.5. The molecule has 0 saturated carbocycles. The van der Waals surface area contributed by atoms with E-state index in [9.17, 15) is 14.4 Å². The summed E-state index contributed by atoms with van der Waals surface area (Å²) in [6.07, 6.45) is 4.19. The van der Waals surface area contributed by atoms with Gasteiger partial charge in [-0.05, 0) is 61.2 Å². The average molecular weight is 526 g/mol. The molecule has 0 aliphatic carbocycles. The van der Waals surface area contributed by atoms with Gasteiger partial charge in [0.2, 0.25) is 5.91 Å². The summed E-state index contributed by atoms with van der Waals surface area (Å²) in [4.78, 5) is 43.2. The number of fused-ring (bicyclic) bond motifs is 1. The number of aryl methyl sites for hydroxylation is 1. The number of nitrogens with zero attached hydrogens (tertiary/aromatic N) is 2. The highest BCUT2D eigenvalue weighted by molar-refractivity contribution is 8.04. The molecule has 0 spiro atoms. The maximum absolute atomic E-state index is 13.6. The fraction of sp³-hybridized carbons (Fsp3) is 0.258. The van der Waals surface area contributed by atoms with Crippen molar-refractivity contribution in [3.8, 4) is 0 Å². The summed E-state index contributed by atoms with van der Waals surface area (Å²) < 4.78 is 0. The molecular weight excluding hydrogens is 494 g/mol. The van der Waals surface area contributed by atoms with Crippen LogP contribution in [-0.4, -0.2) is 42.3 Å². The van der Waals surface area contributed by atoms with Crippen molar-refractivity contribution in [3.05, 3.63) is 100.0 Å². The van der Waals surface area contributed by atoms with E-state index in [-0.39, 0.29) is 17.7 Å². The molecule has 0 unspecified atom stereocenters. The van der Waals surface area contributed by atoms with Crippen LogP contribution in [0.15, 0.2) is 82.6 Å². The minimum atomic E-state index is -0.140. The monoisotopic (exact) mass is 525 g/mol. The SMILES string of the molecule is Cc1cccc(CN2C(=O)C(=Cc3ccc(C(=O)NCCCN4CCCC4=O)cc3)Sc3ccccc32)c1. The van der Waals surface area contributed by atoms with E-state index in [0.29, 0.717) is 36.5 Å². The van der Waals surface area contributed by atoms with Crippen LogP contribution >= 0.6 is 11.8 Å². The lowest BCUT2D eigenvalue weighted by molar-refractivity contribution is -0.127. The quantitative estimate of drug-likeness (QED) is 0.315. The number of amides is 3. The minimum Gasteiger partial charge on any atom is -0.352 e. The van der Waals surface area contributed by atoms with E-state index >= 15 is 0 Å². The minimum absolute atomic E-state index is 0.0338. The molecular formula is C31H31N3O3S. The molecule has 2 heterocycles. The Morgan fingerprint density at radius 2 is 1.84 bits per heavy atom. The lowest BCUT2D eigenvalue weighted by Gasteiger charge is -2.30. The highest BCUT2D eigenvalue weighted by Crippen LogP contribution is 2.42. The van der Waals surface area contributed by atoms with Gasteiger partial charge in [-0.2, -0.15) is 0 Å². The Morgan fingerprint density at radius 3 is 2.61 bits per heavy atom. The van der Waals surface area contributed by atoms with E-state index in [0.717, 1.165) is 46.7 Å². The third kappa shape index (κ3) is 6.00. The Hall–Kier alpha value is -3.84. The number of likely N-dealkylation sites (tertiary alicyclic amines) is 1. The van der Waals surface area contributed by atoms with Gasteiger partial charge in [-0.1, -0.05) is 65.9 Å². The van der Waals surface area contributed by atoms with Crippen molar-refractivity contribution in [1.82, 2.24) is 10.2 Å². The molecule has 3 aromatic carbocycles. The molecule has 0 atom stereocenters.